The SMILES string of the molecule is O=C(Cn1c(COc2ccccc2)nc2ccccc21)NCc1cccs1. The summed E-state index contributed by atoms with van der Waals surface area (Å²) in [5.41, 5.74) is 1.78. The van der Waals surface area contributed by atoms with Gasteiger partial charge in [-0.2, -0.15) is 0 Å². The van der Waals surface area contributed by atoms with Crippen LogP contribution in [0.4, 0.5) is 0 Å². The second-order valence-corrected chi connectivity index (χ2v) is 7.09. The maximum Gasteiger partial charge on any atom is 0.240 e. The molecule has 0 unspecified atom stereocenters. The van der Waals surface area contributed by atoms with Gasteiger partial charge in [-0.05, 0) is 35.7 Å². The van der Waals surface area contributed by atoms with Gasteiger partial charge >= 0.3 is 0 Å². The van der Waals surface area contributed by atoms with Gasteiger partial charge in [0.2, 0.25) is 5.91 Å². The van der Waals surface area contributed by atoms with Crippen LogP contribution in [0.5, 0.6) is 5.75 Å². The summed E-state index contributed by atoms with van der Waals surface area (Å²) >= 11 is 1.63. The Bertz CT molecular complexity index is 1030. The van der Waals surface area contributed by atoms with Gasteiger partial charge in [0.1, 0.15) is 24.7 Å². The van der Waals surface area contributed by atoms with Gasteiger partial charge in [-0.25, -0.2) is 4.98 Å². The van der Waals surface area contributed by atoms with Crippen molar-refractivity contribution in [2.75, 3.05) is 0 Å². The number of para-hydroxylation sites is 3. The van der Waals surface area contributed by atoms with Crippen molar-refractivity contribution >= 4 is 28.3 Å². The standard InChI is InChI=1S/C21H19N3O2S/c25-21(22-13-17-9-6-12-27-17)14-24-19-11-5-4-10-18(19)23-20(24)15-26-16-7-2-1-3-8-16/h1-12H,13-15H2,(H,22,25). The van der Waals surface area contributed by atoms with Gasteiger partial charge in [-0.3, -0.25) is 4.79 Å². The zero-order valence-electron chi connectivity index (χ0n) is 14.7. The Balaban J connectivity index is 1.51. The van der Waals surface area contributed by atoms with E-state index < -0.39 is 0 Å². The van der Waals surface area contributed by atoms with Crippen molar-refractivity contribution in [2.24, 2.45) is 0 Å². The van der Waals surface area contributed by atoms with E-state index in [1.165, 1.54) is 0 Å². The lowest BCUT2D eigenvalue weighted by atomic mass is 10.3. The van der Waals surface area contributed by atoms with Crippen molar-refractivity contribution in [1.29, 1.82) is 0 Å². The topological polar surface area (TPSA) is 56.2 Å². The summed E-state index contributed by atoms with van der Waals surface area (Å²) in [4.78, 5) is 18.3. The van der Waals surface area contributed by atoms with Crippen molar-refractivity contribution in [3.63, 3.8) is 0 Å². The smallest absolute Gasteiger partial charge is 0.240 e. The Morgan fingerprint density at radius 2 is 1.85 bits per heavy atom. The highest BCUT2D eigenvalue weighted by molar-refractivity contribution is 7.09. The highest BCUT2D eigenvalue weighted by Gasteiger charge is 2.14. The minimum atomic E-state index is -0.0486. The number of imidazole rings is 1. The maximum absolute atomic E-state index is 12.5. The third-order valence-electron chi connectivity index (χ3n) is 4.19. The second kappa shape index (κ2) is 8.05. The lowest BCUT2D eigenvalue weighted by Crippen LogP contribution is -2.27. The van der Waals surface area contributed by atoms with E-state index in [-0.39, 0.29) is 12.5 Å². The molecule has 4 rings (SSSR count). The Morgan fingerprint density at radius 1 is 1.04 bits per heavy atom. The molecule has 0 aliphatic carbocycles. The molecular weight excluding hydrogens is 358 g/mol. The average Bonchev–Trinajstić information content (AvgIpc) is 3.34. The highest BCUT2D eigenvalue weighted by Crippen LogP contribution is 2.18. The van der Waals surface area contributed by atoms with Crippen LogP contribution < -0.4 is 10.1 Å². The van der Waals surface area contributed by atoms with Crippen molar-refractivity contribution in [3.05, 3.63) is 82.8 Å². The third kappa shape index (κ3) is 4.17. The predicted molar refractivity (Wildman–Crippen MR) is 107 cm³/mol. The summed E-state index contributed by atoms with van der Waals surface area (Å²) in [5, 5.41) is 4.97. The minimum Gasteiger partial charge on any atom is -0.486 e. The first kappa shape index (κ1) is 17.3. The summed E-state index contributed by atoms with van der Waals surface area (Å²) in [6, 6.07) is 21.4. The van der Waals surface area contributed by atoms with Crippen LogP contribution in [0.25, 0.3) is 11.0 Å². The van der Waals surface area contributed by atoms with Gasteiger partial charge in [-0.1, -0.05) is 36.4 Å². The zero-order valence-corrected chi connectivity index (χ0v) is 15.5. The number of thiophene rings is 1. The van der Waals surface area contributed by atoms with Crippen molar-refractivity contribution in [2.45, 2.75) is 19.7 Å². The summed E-state index contributed by atoms with van der Waals surface area (Å²) in [7, 11) is 0. The number of nitrogens with zero attached hydrogens (tertiary/aromatic N) is 2. The second-order valence-electron chi connectivity index (χ2n) is 6.06. The van der Waals surface area contributed by atoms with Crippen LogP contribution in [0, 0.1) is 0 Å². The third-order valence-corrected chi connectivity index (χ3v) is 5.06. The fourth-order valence-electron chi connectivity index (χ4n) is 2.87. The number of nitrogens with one attached hydrogen (secondary N) is 1. The van der Waals surface area contributed by atoms with E-state index in [0.717, 1.165) is 27.5 Å². The Hall–Kier alpha value is -3.12. The molecule has 1 amide bonds. The van der Waals surface area contributed by atoms with Gasteiger partial charge in [-0.15, -0.1) is 11.3 Å². The predicted octanol–water partition coefficient (Wildman–Crippen LogP) is 3.99. The maximum atomic E-state index is 12.5. The van der Waals surface area contributed by atoms with Gasteiger partial charge in [0.25, 0.3) is 0 Å². The summed E-state index contributed by atoms with van der Waals surface area (Å²) < 4.78 is 7.77. The molecule has 2 heterocycles. The van der Waals surface area contributed by atoms with Crippen LogP contribution in [0.3, 0.4) is 0 Å². The number of hydrogen-bond acceptors (Lipinski definition) is 4. The first-order chi connectivity index (χ1) is 13.3. The van der Waals surface area contributed by atoms with Crippen LogP contribution in [0.2, 0.25) is 0 Å². The largest absolute Gasteiger partial charge is 0.486 e. The molecule has 0 radical (unpaired) electrons. The molecule has 0 atom stereocenters. The van der Waals surface area contributed by atoms with Crippen molar-refractivity contribution in [3.8, 4) is 5.75 Å². The van der Waals surface area contributed by atoms with Crippen LogP contribution >= 0.6 is 11.3 Å². The molecule has 4 aromatic rings. The molecule has 0 spiro atoms. The van der Waals surface area contributed by atoms with E-state index in [9.17, 15) is 4.79 Å². The number of aromatic nitrogens is 2. The molecule has 2 aromatic carbocycles. The van der Waals surface area contributed by atoms with Gasteiger partial charge < -0.3 is 14.6 Å². The van der Waals surface area contributed by atoms with Crippen LogP contribution in [-0.4, -0.2) is 15.5 Å². The quantitative estimate of drug-likeness (QED) is 0.530. The first-order valence-corrected chi connectivity index (χ1v) is 9.58. The zero-order chi connectivity index (χ0) is 18.5. The summed E-state index contributed by atoms with van der Waals surface area (Å²) in [5.74, 6) is 1.46. The normalized spacial score (nSPS) is 10.8. The molecule has 5 nitrogen and oxygen atoms in total. The Kier molecular flexibility index (Phi) is 5.16. The van der Waals surface area contributed by atoms with Gasteiger partial charge in [0, 0.05) is 4.88 Å². The van der Waals surface area contributed by atoms with Crippen LogP contribution in [0.1, 0.15) is 10.7 Å². The highest BCUT2D eigenvalue weighted by atomic mass is 32.1. The number of benzene rings is 2. The fraction of sp³-hybridized carbons (Fsp3) is 0.143. The number of carbonyl (C=O) groups excluding carboxylic acids is 1. The van der Waals surface area contributed by atoms with Gasteiger partial charge in [0.05, 0.1) is 17.6 Å². The van der Waals surface area contributed by atoms with E-state index in [0.29, 0.717) is 13.2 Å². The molecule has 1 N–H and O–H groups in total. The lowest BCUT2D eigenvalue weighted by molar-refractivity contribution is -0.121. The molecule has 27 heavy (non-hydrogen) atoms. The first-order valence-electron chi connectivity index (χ1n) is 8.70. The number of ether oxygens (including phenoxy) is 1. The molecule has 0 saturated heterocycles. The van der Waals surface area contributed by atoms with E-state index in [1.807, 2.05) is 76.7 Å². The molecule has 2 aromatic heterocycles. The molecule has 0 saturated carbocycles. The van der Waals surface area contributed by atoms with Crippen molar-refractivity contribution in [1.82, 2.24) is 14.9 Å². The molecule has 0 bridgehead atoms. The Labute approximate surface area is 161 Å². The fourth-order valence-corrected chi connectivity index (χ4v) is 3.52. The van der Waals surface area contributed by atoms with Gasteiger partial charge in [0.15, 0.2) is 0 Å². The number of carbonyl (C=O) groups is 1. The molecule has 0 aliphatic rings. The van der Waals surface area contributed by atoms with E-state index >= 15 is 0 Å². The molecular formula is C21H19N3O2S. The van der Waals surface area contributed by atoms with E-state index in [4.69, 9.17) is 4.74 Å². The van der Waals surface area contributed by atoms with Crippen LogP contribution in [0.15, 0.2) is 72.1 Å². The Morgan fingerprint density at radius 3 is 2.67 bits per heavy atom. The van der Waals surface area contributed by atoms with E-state index in [1.54, 1.807) is 11.3 Å². The summed E-state index contributed by atoms with van der Waals surface area (Å²) in [6.07, 6.45) is 0. The van der Waals surface area contributed by atoms with Crippen molar-refractivity contribution < 1.29 is 9.53 Å². The molecule has 136 valence electrons. The summed E-state index contributed by atoms with van der Waals surface area (Å²) in [6.45, 7) is 1.05. The van der Waals surface area contributed by atoms with E-state index in [2.05, 4.69) is 10.3 Å². The number of fused-ring (bicyclic) bond motifs is 1. The monoisotopic (exact) mass is 377 g/mol. The van der Waals surface area contributed by atoms with Crippen LogP contribution in [-0.2, 0) is 24.5 Å². The lowest BCUT2D eigenvalue weighted by Gasteiger charge is -2.11. The number of hydrogen-bond donors (Lipinski definition) is 1. The molecule has 0 aliphatic heterocycles. The average molecular weight is 377 g/mol. The number of rotatable bonds is 7. The number of amides is 1. The molecule has 6 heteroatoms. The molecule has 0 fully saturated rings. The minimum absolute atomic E-state index is 0.0486.